The van der Waals surface area contributed by atoms with E-state index in [0.717, 1.165) is 35.4 Å². The quantitative estimate of drug-likeness (QED) is 0.635. The highest BCUT2D eigenvalue weighted by Crippen LogP contribution is 2.34. The van der Waals surface area contributed by atoms with E-state index in [4.69, 9.17) is 9.78 Å². The first-order valence-corrected chi connectivity index (χ1v) is 9.72. The Bertz CT molecular complexity index is 1130. The number of imidazole rings is 1. The minimum absolute atomic E-state index is 0.0780. The smallest absolute Gasteiger partial charge is 0.227 e. The number of nitrogens with zero attached hydrogens (tertiary/aromatic N) is 7. The fourth-order valence-electron chi connectivity index (χ4n) is 3.61. The van der Waals surface area contributed by atoms with Crippen molar-refractivity contribution in [3.05, 3.63) is 53.7 Å². The van der Waals surface area contributed by atoms with Crippen LogP contribution in [0.1, 0.15) is 43.8 Å². The summed E-state index contributed by atoms with van der Waals surface area (Å²) in [5.41, 5.74) is 4.30. The summed E-state index contributed by atoms with van der Waals surface area (Å²) in [4.78, 5) is 15.5. The molecule has 8 heteroatoms. The Morgan fingerprint density at radius 3 is 3.03 bits per heavy atom. The van der Waals surface area contributed by atoms with Gasteiger partial charge in [0.1, 0.15) is 11.3 Å². The largest absolute Gasteiger partial charge is 0.339 e. The molecular formula is C21H23N7O. The van der Waals surface area contributed by atoms with Gasteiger partial charge in [-0.3, -0.25) is 0 Å². The van der Waals surface area contributed by atoms with Crippen LogP contribution in [0.25, 0.3) is 11.0 Å². The molecule has 0 saturated carbocycles. The summed E-state index contributed by atoms with van der Waals surface area (Å²) in [6.45, 7) is 2.14. The van der Waals surface area contributed by atoms with Crippen molar-refractivity contribution in [2.45, 2.75) is 38.5 Å². The first kappa shape index (κ1) is 18.9. The summed E-state index contributed by atoms with van der Waals surface area (Å²) in [6.07, 6.45) is 10.6. The number of rotatable bonds is 6. The van der Waals surface area contributed by atoms with Crippen LogP contribution >= 0.6 is 0 Å². The lowest BCUT2D eigenvalue weighted by molar-refractivity contribution is 0.372. The molecule has 0 aromatic carbocycles. The normalized spacial score (nSPS) is 16.4. The maximum atomic E-state index is 8.71. The standard InChI is InChI=1S/C21H23N7O/c1-4-14-10-15(21-25-20(29-26-21)6-5-9-22)7-8-17(14)28(3)19-11-18-16(12-23-19)24-13-27(18)2/h8,10-13,15H,4-7H2,1-3H3. The van der Waals surface area contributed by atoms with Crippen LogP contribution in [0.4, 0.5) is 5.82 Å². The Morgan fingerprint density at radius 2 is 2.24 bits per heavy atom. The van der Waals surface area contributed by atoms with Gasteiger partial charge >= 0.3 is 0 Å². The van der Waals surface area contributed by atoms with Crippen LogP contribution < -0.4 is 4.90 Å². The first-order chi connectivity index (χ1) is 14.1. The SMILES string of the molecule is CCC1=CC(c2noc(CCC#N)n2)CC=C1N(C)c1cc2c(cn1)ncn2C. The summed E-state index contributed by atoms with van der Waals surface area (Å²) in [5.74, 6) is 2.16. The topological polar surface area (TPSA) is 96.7 Å². The van der Waals surface area contributed by atoms with Crippen molar-refractivity contribution in [3.8, 4) is 6.07 Å². The van der Waals surface area contributed by atoms with Crippen LogP contribution in [-0.2, 0) is 13.5 Å². The lowest BCUT2D eigenvalue weighted by atomic mass is 9.91. The Labute approximate surface area is 169 Å². The zero-order chi connectivity index (χ0) is 20.4. The van der Waals surface area contributed by atoms with Gasteiger partial charge in [0.2, 0.25) is 5.89 Å². The lowest BCUT2D eigenvalue weighted by Gasteiger charge is -2.27. The number of pyridine rings is 1. The van der Waals surface area contributed by atoms with Gasteiger partial charge in [-0.15, -0.1) is 0 Å². The molecule has 0 radical (unpaired) electrons. The van der Waals surface area contributed by atoms with Crippen molar-refractivity contribution in [1.29, 1.82) is 5.26 Å². The monoisotopic (exact) mass is 389 g/mol. The Hall–Kier alpha value is -3.47. The molecule has 1 aliphatic rings. The second-order valence-electron chi connectivity index (χ2n) is 7.13. The molecule has 148 valence electrons. The van der Waals surface area contributed by atoms with Crippen molar-refractivity contribution >= 4 is 16.9 Å². The lowest BCUT2D eigenvalue weighted by Crippen LogP contribution is -2.21. The summed E-state index contributed by atoms with van der Waals surface area (Å²) < 4.78 is 7.28. The molecule has 0 N–H and O–H groups in total. The molecule has 4 rings (SSSR count). The van der Waals surface area contributed by atoms with E-state index in [0.29, 0.717) is 24.6 Å². The maximum absolute atomic E-state index is 8.71. The predicted octanol–water partition coefficient (Wildman–Crippen LogP) is 3.65. The summed E-state index contributed by atoms with van der Waals surface area (Å²) in [7, 11) is 4.02. The van der Waals surface area contributed by atoms with Gasteiger partial charge in [-0.2, -0.15) is 10.2 Å². The second-order valence-corrected chi connectivity index (χ2v) is 7.13. The molecule has 0 saturated heterocycles. The van der Waals surface area contributed by atoms with E-state index in [1.807, 2.05) is 24.9 Å². The number of allylic oxidation sites excluding steroid dienone is 3. The minimum atomic E-state index is 0.0780. The number of aryl methyl sites for hydroxylation is 2. The molecule has 0 fully saturated rings. The van der Waals surface area contributed by atoms with E-state index in [2.05, 4.69) is 56.2 Å². The fourth-order valence-corrected chi connectivity index (χ4v) is 3.61. The van der Waals surface area contributed by atoms with E-state index < -0.39 is 0 Å². The summed E-state index contributed by atoms with van der Waals surface area (Å²) in [5, 5.41) is 12.8. The van der Waals surface area contributed by atoms with Crippen molar-refractivity contribution in [2.24, 2.45) is 7.05 Å². The number of aromatic nitrogens is 5. The highest BCUT2D eigenvalue weighted by molar-refractivity contribution is 5.78. The van der Waals surface area contributed by atoms with Crippen LogP contribution in [0.15, 0.2) is 46.5 Å². The zero-order valence-electron chi connectivity index (χ0n) is 16.8. The van der Waals surface area contributed by atoms with Crippen molar-refractivity contribution in [2.75, 3.05) is 11.9 Å². The van der Waals surface area contributed by atoms with Gasteiger partial charge in [0.05, 0.1) is 24.1 Å². The fraction of sp³-hybridized carbons (Fsp3) is 0.381. The van der Waals surface area contributed by atoms with Gasteiger partial charge < -0.3 is 14.0 Å². The van der Waals surface area contributed by atoms with E-state index in [1.54, 1.807) is 6.33 Å². The van der Waals surface area contributed by atoms with Crippen molar-refractivity contribution < 1.29 is 4.52 Å². The molecule has 8 nitrogen and oxygen atoms in total. The molecule has 0 aliphatic heterocycles. The van der Waals surface area contributed by atoms with E-state index >= 15 is 0 Å². The zero-order valence-corrected chi connectivity index (χ0v) is 16.8. The molecule has 0 bridgehead atoms. The van der Waals surface area contributed by atoms with Gasteiger partial charge in [0.15, 0.2) is 5.82 Å². The molecule has 3 aromatic rings. The van der Waals surface area contributed by atoms with Crippen LogP contribution in [0, 0.1) is 11.3 Å². The first-order valence-electron chi connectivity index (χ1n) is 9.72. The molecule has 1 atom stereocenters. The average Bonchev–Trinajstić information content (AvgIpc) is 3.38. The number of hydrogen-bond acceptors (Lipinski definition) is 7. The molecule has 3 heterocycles. The van der Waals surface area contributed by atoms with E-state index in [-0.39, 0.29) is 5.92 Å². The highest BCUT2D eigenvalue weighted by Gasteiger charge is 2.23. The predicted molar refractivity (Wildman–Crippen MR) is 109 cm³/mol. The molecule has 1 aliphatic carbocycles. The Kier molecular flexibility index (Phi) is 5.12. The number of nitriles is 1. The second kappa shape index (κ2) is 7.87. The van der Waals surface area contributed by atoms with E-state index in [9.17, 15) is 0 Å². The number of hydrogen-bond donors (Lipinski definition) is 0. The molecule has 0 spiro atoms. The molecule has 3 aromatic heterocycles. The molecule has 0 amide bonds. The van der Waals surface area contributed by atoms with Gasteiger partial charge in [-0.05, 0) is 18.4 Å². The molecular weight excluding hydrogens is 366 g/mol. The number of likely N-dealkylation sites (N-methyl/N-ethyl adjacent to an activating group) is 1. The molecule has 29 heavy (non-hydrogen) atoms. The van der Waals surface area contributed by atoms with Gasteiger partial charge in [-0.25, -0.2) is 9.97 Å². The Morgan fingerprint density at radius 1 is 1.38 bits per heavy atom. The van der Waals surface area contributed by atoms with Crippen molar-refractivity contribution in [1.82, 2.24) is 24.7 Å². The number of fused-ring (bicyclic) bond motifs is 1. The highest BCUT2D eigenvalue weighted by atomic mass is 16.5. The third kappa shape index (κ3) is 3.63. The van der Waals surface area contributed by atoms with Gasteiger partial charge in [-0.1, -0.05) is 24.2 Å². The minimum Gasteiger partial charge on any atom is -0.339 e. The summed E-state index contributed by atoms with van der Waals surface area (Å²) >= 11 is 0. The van der Waals surface area contributed by atoms with Gasteiger partial charge in [0, 0.05) is 44.6 Å². The van der Waals surface area contributed by atoms with Crippen molar-refractivity contribution in [3.63, 3.8) is 0 Å². The van der Waals surface area contributed by atoms with Crippen LogP contribution in [0.3, 0.4) is 0 Å². The third-order valence-electron chi connectivity index (χ3n) is 5.25. The maximum Gasteiger partial charge on any atom is 0.227 e. The van der Waals surface area contributed by atoms with Crippen LogP contribution in [-0.4, -0.2) is 31.7 Å². The summed E-state index contributed by atoms with van der Waals surface area (Å²) in [6, 6.07) is 4.16. The van der Waals surface area contributed by atoms with Gasteiger partial charge in [0.25, 0.3) is 0 Å². The average molecular weight is 389 g/mol. The Balaban J connectivity index is 1.57. The van der Waals surface area contributed by atoms with Crippen LogP contribution in [0.5, 0.6) is 0 Å². The van der Waals surface area contributed by atoms with E-state index in [1.165, 1.54) is 5.57 Å². The van der Waals surface area contributed by atoms with Crippen LogP contribution in [0.2, 0.25) is 0 Å². The third-order valence-corrected chi connectivity index (χ3v) is 5.25. The molecule has 1 unspecified atom stereocenters. The number of anilines is 1.